The van der Waals surface area contributed by atoms with Gasteiger partial charge in [-0.3, -0.25) is 4.79 Å². The molecular weight excluding hydrogens is 192 g/mol. The van der Waals surface area contributed by atoms with Crippen molar-refractivity contribution in [2.24, 2.45) is 0 Å². The first-order chi connectivity index (χ1) is 7.24. The fourth-order valence-corrected chi connectivity index (χ4v) is 1.72. The molecule has 1 unspecified atom stereocenters. The van der Waals surface area contributed by atoms with E-state index in [0.717, 1.165) is 16.5 Å². The molecule has 0 saturated heterocycles. The third-order valence-corrected chi connectivity index (χ3v) is 2.47. The van der Waals surface area contributed by atoms with Crippen molar-refractivity contribution in [2.45, 2.75) is 13.0 Å². The Morgan fingerprint density at radius 3 is 3.07 bits per heavy atom. The molecule has 1 atom stereocenters. The van der Waals surface area contributed by atoms with Crippen LogP contribution in [0.15, 0.2) is 24.4 Å². The summed E-state index contributed by atoms with van der Waals surface area (Å²) in [5, 5.41) is 0.923. The summed E-state index contributed by atoms with van der Waals surface area (Å²) >= 11 is 0. The number of H-pyrrole nitrogens is 1. The van der Waals surface area contributed by atoms with E-state index in [-0.39, 0.29) is 6.10 Å². The van der Waals surface area contributed by atoms with Crippen molar-refractivity contribution in [1.29, 1.82) is 0 Å². The third kappa shape index (κ3) is 1.54. The largest absolute Gasteiger partial charge is 0.460 e. The van der Waals surface area contributed by atoms with Gasteiger partial charge in [-0.1, -0.05) is 6.07 Å². The van der Waals surface area contributed by atoms with E-state index >= 15 is 0 Å². The Labute approximate surface area is 87.0 Å². The summed E-state index contributed by atoms with van der Waals surface area (Å²) in [6, 6.07) is 5.64. The Balaban J connectivity index is 2.56. The van der Waals surface area contributed by atoms with Crippen LogP contribution in [-0.4, -0.2) is 11.5 Å². The van der Waals surface area contributed by atoms with E-state index in [1.165, 1.54) is 0 Å². The summed E-state index contributed by atoms with van der Waals surface area (Å²) < 4.78 is 4.89. The van der Waals surface area contributed by atoms with Crippen molar-refractivity contribution in [1.82, 2.24) is 4.98 Å². The number of carbonyl (C=O) groups is 1. The van der Waals surface area contributed by atoms with Crippen molar-refractivity contribution < 1.29 is 9.53 Å². The number of aromatic amines is 1. The number of carbonyl (C=O) groups excluding carboxylic acids is 1. The predicted molar refractivity (Wildman–Crippen MR) is 58.3 cm³/mol. The molecule has 2 aromatic rings. The van der Waals surface area contributed by atoms with Gasteiger partial charge >= 0.3 is 0 Å². The summed E-state index contributed by atoms with van der Waals surface area (Å²) in [4.78, 5) is 13.4. The van der Waals surface area contributed by atoms with Crippen molar-refractivity contribution in [3.8, 4) is 0 Å². The minimum atomic E-state index is -0.291. The second-order valence-corrected chi connectivity index (χ2v) is 3.39. The van der Waals surface area contributed by atoms with Crippen LogP contribution in [0.3, 0.4) is 0 Å². The molecule has 1 heterocycles. The minimum Gasteiger partial charge on any atom is -0.460 e. The summed E-state index contributed by atoms with van der Waals surface area (Å²) in [7, 11) is 0. The molecule has 0 aliphatic rings. The zero-order chi connectivity index (χ0) is 10.8. The molecule has 0 fully saturated rings. The maximum Gasteiger partial charge on any atom is 0.293 e. The van der Waals surface area contributed by atoms with Crippen LogP contribution in [0.25, 0.3) is 10.9 Å². The van der Waals surface area contributed by atoms with Crippen LogP contribution < -0.4 is 5.73 Å². The Morgan fingerprint density at radius 2 is 2.33 bits per heavy atom. The number of ether oxygens (including phenoxy) is 1. The number of fused-ring (bicyclic) bond motifs is 1. The first-order valence-corrected chi connectivity index (χ1v) is 4.68. The number of nitrogens with one attached hydrogen (secondary N) is 1. The molecule has 78 valence electrons. The average molecular weight is 204 g/mol. The number of hydrogen-bond donors (Lipinski definition) is 2. The molecule has 0 saturated carbocycles. The Morgan fingerprint density at radius 1 is 1.53 bits per heavy atom. The van der Waals surface area contributed by atoms with Gasteiger partial charge in [0.1, 0.15) is 6.10 Å². The SMILES string of the molecule is CC(OC=O)c1c[nH]c2cccc(N)c12. The van der Waals surface area contributed by atoms with Crippen LogP contribution in [0, 0.1) is 0 Å². The van der Waals surface area contributed by atoms with E-state index in [9.17, 15) is 4.79 Å². The minimum absolute atomic E-state index is 0.291. The Hall–Kier alpha value is -1.97. The summed E-state index contributed by atoms with van der Waals surface area (Å²) in [6.45, 7) is 2.26. The molecule has 0 radical (unpaired) electrons. The van der Waals surface area contributed by atoms with Crippen molar-refractivity contribution >= 4 is 23.1 Å². The fourth-order valence-electron chi connectivity index (χ4n) is 1.72. The molecule has 1 aromatic heterocycles. The molecular formula is C11H12N2O2. The highest BCUT2D eigenvalue weighted by Gasteiger charge is 2.13. The molecule has 4 heteroatoms. The zero-order valence-corrected chi connectivity index (χ0v) is 8.36. The molecule has 0 spiro atoms. The molecule has 0 bridgehead atoms. The lowest BCUT2D eigenvalue weighted by molar-refractivity contribution is -0.133. The lowest BCUT2D eigenvalue weighted by atomic mass is 10.1. The molecule has 15 heavy (non-hydrogen) atoms. The van der Waals surface area contributed by atoms with Crippen LogP contribution >= 0.6 is 0 Å². The standard InChI is InChI=1S/C11H12N2O2/c1-7(15-6-14)8-5-13-10-4-2-3-9(12)11(8)10/h2-7,13H,12H2,1H3. The number of benzene rings is 1. The normalized spacial score (nSPS) is 12.6. The third-order valence-electron chi connectivity index (χ3n) is 2.47. The average Bonchev–Trinajstić information content (AvgIpc) is 2.63. The van der Waals surface area contributed by atoms with Gasteiger partial charge in [-0.2, -0.15) is 0 Å². The second-order valence-electron chi connectivity index (χ2n) is 3.39. The van der Waals surface area contributed by atoms with E-state index in [4.69, 9.17) is 10.5 Å². The van der Waals surface area contributed by atoms with E-state index in [2.05, 4.69) is 4.98 Å². The number of nitrogens with two attached hydrogens (primary N) is 1. The molecule has 3 N–H and O–H groups in total. The molecule has 0 amide bonds. The first-order valence-electron chi connectivity index (χ1n) is 4.68. The molecule has 1 aromatic carbocycles. The van der Waals surface area contributed by atoms with Gasteiger partial charge in [0.15, 0.2) is 0 Å². The van der Waals surface area contributed by atoms with E-state index in [1.807, 2.05) is 31.3 Å². The van der Waals surface area contributed by atoms with Gasteiger partial charge in [-0.25, -0.2) is 0 Å². The van der Waals surface area contributed by atoms with Gasteiger partial charge in [-0.05, 0) is 19.1 Å². The van der Waals surface area contributed by atoms with Crippen molar-refractivity contribution in [3.05, 3.63) is 30.0 Å². The van der Waals surface area contributed by atoms with E-state index in [0.29, 0.717) is 12.2 Å². The summed E-state index contributed by atoms with van der Waals surface area (Å²) in [6.07, 6.45) is 1.52. The van der Waals surface area contributed by atoms with E-state index < -0.39 is 0 Å². The Kier molecular flexibility index (Phi) is 2.33. The van der Waals surface area contributed by atoms with Crippen LogP contribution in [0.2, 0.25) is 0 Å². The van der Waals surface area contributed by atoms with Gasteiger partial charge in [0.05, 0.1) is 0 Å². The van der Waals surface area contributed by atoms with Gasteiger partial charge in [0, 0.05) is 28.4 Å². The lowest BCUT2D eigenvalue weighted by Gasteiger charge is -2.08. The topological polar surface area (TPSA) is 68.1 Å². The van der Waals surface area contributed by atoms with Crippen LogP contribution in [0.4, 0.5) is 5.69 Å². The highest BCUT2D eigenvalue weighted by molar-refractivity contribution is 5.94. The molecule has 0 aliphatic carbocycles. The number of anilines is 1. The highest BCUT2D eigenvalue weighted by atomic mass is 16.5. The summed E-state index contributed by atoms with van der Waals surface area (Å²) in [5.41, 5.74) is 8.41. The Bertz CT molecular complexity index is 490. The maximum absolute atomic E-state index is 10.3. The molecule has 4 nitrogen and oxygen atoms in total. The molecule has 0 aliphatic heterocycles. The van der Waals surface area contributed by atoms with Crippen LogP contribution in [0.5, 0.6) is 0 Å². The number of hydrogen-bond acceptors (Lipinski definition) is 3. The lowest BCUT2D eigenvalue weighted by Crippen LogP contribution is -1.98. The maximum atomic E-state index is 10.3. The van der Waals surface area contributed by atoms with Gasteiger partial charge in [0.25, 0.3) is 6.47 Å². The van der Waals surface area contributed by atoms with Crippen LogP contribution in [0.1, 0.15) is 18.6 Å². The number of rotatable bonds is 3. The van der Waals surface area contributed by atoms with Crippen molar-refractivity contribution in [2.75, 3.05) is 5.73 Å². The second kappa shape index (κ2) is 3.65. The molecule has 2 rings (SSSR count). The predicted octanol–water partition coefficient (Wildman–Crippen LogP) is 1.98. The number of aromatic nitrogens is 1. The fraction of sp³-hybridized carbons (Fsp3) is 0.182. The summed E-state index contributed by atoms with van der Waals surface area (Å²) in [5.74, 6) is 0. The van der Waals surface area contributed by atoms with Crippen molar-refractivity contribution in [3.63, 3.8) is 0 Å². The quantitative estimate of drug-likeness (QED) is 0.593. The smallest absolute Gasteiger partial charge is 0.293 e. The van der Waals surface area contributed by atoms with E-state index in [1.54, 1.807) is 0 Å². The van der Waals surface area contributed by atoms with Gasteiger partial charge in [0.2, 0.25) is 0 Å². The monoisotopic (exact) mass is 204 g/mol. The zero-order valence-electron chi connectivity index (χ0n) is 8.36. The highest BCUT2D eigenvalue weighted by Crippen LogP contribution is 2.29. The van der Waals surface area contributed by atoms with Crippen LogP contribution in [-0.2, 0) is 9.53 Å². The number of nitrogen functional groups attached to an aromatic ring is 1. The first kappa shape index (κ1) is 9.58. The van der Waals surface area contributed by atoms with Gasteiger partial charge < -0.3 is 15.5 Å². The van der Waals surface area contributed by atoms with Gasteiger partial charge in [-0.15, -0.1) is 0 Å².